The number of nitrogens with zero attached hydrogens (tertiary/aromatic N) is 1. The quantitative estimate of drug-likeness (QED) is 0.607. The summed E-state index contributed by atoms with van der Waals surface area (Å²) >= 11 is 0. The number of hydrogen-bond donors (Lipinski definition) is 1. The molecule has 1 rings (SSSR count). The van der Waals surface area contributed by atoms with E-state index in [0.29, 0.717) is 11.3 Å². The minimum Gasteiger partial charge on any atom is -0.550 e. The van der Waals surface area contributed by atoms with E-state index in [4.69, 9.17) is 4.74 Å². The topological polar surface area (TPSA) is 91.3 Å². The van der Waals surface area contributed by atoms with Crippen molar-refractivity contribution >= 4 is 12.1 Å². The van der Waals surface area contributed by atoms with Gasteiger partial charge in [-0.1, -0.05) is 0 Å². The van der Waals surface area contributed by atoms with Crippen LogP contribution in [0.25, 0.3) is 0 Å². The number of rotatable bonds is 4. The number of carbonyl (C=O) groups excluding carboxylic acids is 2. The van der Waals surface area contributed by atoms with Crippen LogP contribution in [0.5, 0.6) is 0 Å². The molecule has 0 aliphatic carbocycles. The van der Waals surface area contributed by atoms with Crippen LogP contribution in [0.15, 0.2) is 18.3 Å². The number of alkyl carbamates (subject to hydrolysis) is 1. The zero-order valence-corrected chi connectivity index (χ0v) is 12.2. The molecule has 1 amide bonds. The predicted molar refractivity (Wildman–Crippen MR) is 66.0 cm³/mol. The van der Waals surface area contributed by atoms with Gasteiger partial charge in [0, 0.05) is 18.6 Å². The Morgan fingerprint density at radius 3 is 2.60 bits per heavy atom. The number of ether oxygens (including phenoxy) is 1. The molecule has 104 valence electrons. The van der Waals surface area contributed by atoms with Gasteiger partial charge in [-0.15, -0.1) is 0 Å². The van der Waals surface area contributed by atoms with Gasteiger partial charge in [-0.25, -0.2) is 4.79 Å². The molecule has 20 heavy (non-hydrogen) atoms. The minimum atomic E-state index is -1.16. The summed E-state index contributed by atoms with van der Waals surface area (Å²) in [5, 5.41) is 13.0. The van der Waals surface area contributed by atoms with E-state index in [1.807, 2.05) is 0 Å². The molecule has 0 spiro atoms. The fourth-order valence-electron chi connectivity index (χ4n) is 1.38. The number of carboxylic acids is 1. The summed E-state index contributed by atoms with van der Waals surface area (Å²) in [7, 11) is 0. The molecule has 1 N–H and O–H groups in total. The molecule has 0 aliphatic rings. The van der Waals surface area contributed by atoms with E-state index in [1.54, 1.807) is 32.9 Å². The Hall–Kier alpha value is -1.51. The van der Waals surface area contributed by atoms with Crippen molar-refractivity contribution in [3.8, 4) is 0 Å². The molecule has 0 fully saturated rings. The van der Waals surface area contributed by atoms with Crippen LogP contribution in [0.1, 0.15) is 32.0 Å². The fourth-order valence-corrected chi connectivity index (χ4v) is 1.38. The number of hydrogen-bond acceptors (Lipinski definition) is 5. The molecule has 1 aromatic heterocycles. The minimum absolute atomic E-state index is 0. The second-order valence-corrected chi connectivity index (χ2v) is 5.06. The van der Waals surface area contributed by atoms with E-state index < -0.39 is 17.7 Å². The fraction of sp³-hybridized carbons (Fsp3) is 0.462. The van der Waals surface area contributed by atoms with Gasteiger partial charge in [0.15, 0.2) is 0 Å². The Balaban J connectivity index is 0.00000361. The van der Waals surface area contributed by atoms with E-state index in [-0.39, 0.29) is 31.8 Å². The summed E-state index contributed by atoms with van der Waals surface area (Å²) < 4.78 is 5.07. The molecule has 0 saturated carbocycles. The van der Waals surface area contributed by atoms with E-state index >= 15 is 0 Å². The second kappa shape index (κ2) is 7.93. The monoisotopic (exact) mass is 272 g/mol. The first-order valence-electron chi connectivity index (χ1n) is 5.87. The van der Waals surface area contributed by atoms with Gasteiger partial charge in [-0.3, -0.25) is 4.98 Å². The smallest absolute Gasteiger partial charge is 0.550 e. The van der Waals surface area contributed by atoms with Crippen molar-refractivity contribution in [2.45, 2.75) is 39.3 Å². The van der Waals surface area contributed by atoms with Crippen molar-refractivity contribution in [1.29, 1.82) is 0 Å². The first kappa shape index (κ1) is 18.5. The summed E-state index contributed by atoms with van der Waals surface area (Å²) in [4.78, 5) is 25.9. The van der Waals surface area contributed by atoms with Crippen LogP contribution >= 0.6 is 0 Å². The van der Waals surface area contributed by atoms with Crippen LogP contribution in [0, 0.1) is 0 Å². The number of nitrogens with one attached hydrogen (secondary N) is 1. The van der Waals surface area contributed by atoms with E-state index in [9.17, 15) is 14.7 Å². The van der Waals surface area contributed by atoms with Crippen LogP contribution in [-0.2, 0) is 22.5 Å². The maximum atomic E-state index is 11.4. The third-order valence-electron chi connectivity index (χ3n) is 2.04. The molecule has 7 heteroatoms. The largest absolute Gasteiger partial charge is 1.00 e. The zero-order valence-electron chi connectivity index (χ0n) is 12.2. The molecule has 6 nitrogen and oxygen atoms in total. The molecule has 1 heterocycles. The standard InChI is InChI=1S/C13H18N2O4.Li/c1-13(2,3)19-12(18)15-8-10-6-9(4-5-14-10)7-11(16)17;/h4-6H,7-8H2,1-3H3,(H,15,18)(H,16,17);/q;+1/p-1. The Morgan fingerprint density at radius 1 is 1.40 bits per heavy atom. The van der Waals surface area contributed by atoms with E-state index in [2.05, 4.69) is 10.3 Å². The maximum Gasteiger partial charge on any atom is 1.00 e. The van der Waals surface area contributed by atoms with E-state index in [0.717, 1.165) is 0 Å². The van der Waals surface area contributed by atoms with Crippen molar-refractivity contribution in [1.82, 2.24) is 10.3 Å². The third kappa shape index (κ3) is 7.82. The van der Waals surface area contributed by atoms with Crippen LogP contribution in [0.2, 0.25) is 0 Å². The van der Waals surface area contributed by atoms with Gasteiger partial charge in [0.1, 0.15) is 5.60 Å². The molecule has 0 saturated heterocycles. The summed E-state index contributed by atoms with van der Waals surface area (Å²) in [6.45, 7) is 5.48. The zero-order chi connectivity index (χ0) is 14.5. The molecule has 1 aromatic rings. The molecule has 0 atom stereocenters. The number of aromatic nitrogens is 1. The summed E-state index contributed by atoms with van der Waals surface area (Å²) in [6.07, 6.45) is 0.770. The first-order chi connectivity index (χ1) is 8.76. The van der Waals surface area contributed by atoms with Gasteiger partial charge in [0.05, 0.1) is 12.2 Å². The number of aliphatic carboxylic acids is 1. The first-order valence-corrected chi connectivity index (χ1v) is 5.87. The Labute approximate surface area is 130 Å². The van der Waals surface area contributed by atoms with Crippen LogP contribution in [0.4, 0.5) is 4.79 Å². The molecule has 0 unspecified atom stereocenters. The second-order valence-electron chi connectivity index (χ2n) is 5.06. The number of carbonyl (C=O) groups is 2. The Kier molecular flexibility index (Phi) is 7.33. The molecule has 0 bridgehead atoms. The molecule has 0 aromatic carbocycles. The maximum absolute atomic E-state index is 11.4. The van der Waals surface area contributed by atoms with Gasteiger partial charge in [-0.2, -0.15) is 0 Å². The van der Waals surface area contributed by atoms with Crippen molar-refractivity contribution in [2.24, 2.45) is 0 Å². The molecular formula is C13H17LiN2O4. The van der Waals surface area contributed by atoms with Crippen molar-refractivity contribution in [3.05, 3.63) is 29.6 Å². The van der Waals surface area contributed by atoms with Crippen molar-refractivity contribution in [2.75, 3.05) is 0 Å². The number of amides is 1. The van der Waals surface area contributed by atoms with E-state index in [1.165, 1.54) is 6.20 Å². The van der Waals surface area contributed by atoms with Gasteiger partial charge < -0.3 is 20.0 Å². The Morgan fingerprint density at radius 2 is 2.05 bits per heavy atom. The Bertz CT molecular complexity index is 472. The summed E-state index contributed by atoms with van der Waals surface area (Å²) in [6, 6.07) is 3.19. The van der Waals surface area contributed by atoms with Crippen LogP contribution in [-0.4, -0.2) is 22.6 Å². The molecule has 0 aliphatic heterocycles. The molecule has 0 radical (unpaired) electrons. The van der Waals surface area contributed by atoms with Gasteiger partial charge in [0.2, 0.25) is 0 Å². The number of pyridine rings is 1. The third-order valence-corrected chi connectivity index (χ3v) is 2.04. The van der Waals surface area contributed by atoms with Crippen LogP contribution < -0.4 is 29.3 Å². The normalized spacial score (nSPS) is 10.3. The van der Waals surface area contributed by atoms with Crippen molar-refractivity contribution < 1.29 is 38.3 Å². The average Bonchev–Trinajstić information content (AvgIpc) is 2.23. The van der Waals surface area contributed by atoms with Gasteiger partial charge in [-0.05, 0) is 38.5 Å². The summed E-state index contributed by atoms with van der Waals surface area (Å²) in [5.74, 6) is -1.16. The number of carboxylic acid groups (broad SMARTS) is 1. The predicted octanol–water partition coefficient (Wildman–Crippen LogP) is -2.60. The molecular weight excluding hydrogens is 255 g/mol. The summed E-state index contributed by atoms with van der Waals surface area (Å²) in [5.41, 5.74) is 0.578. The van der Waals surface area contributed by atoms with Gasteiger partial charge in [0.25, 0.3) is 0 Å². The van der Waals surface area contributed by atoms with Crippen molar-refractivity contribution in [3.63, 3.8) is 0 Å². The SMILES string of the molecule is CC(C)(C)OC(=O)NCc1cc(CC(=O)[O-])ccn1.[Li+]. The average molecular weight is 272 g/mol. The van der Waals surface area contributed by atoms with Gasteiger partial charge >= 0.3 is 25.0 Å². The van der Waals surface area contributed by atoms with Crippen LogP contribution in [0.3, 0.4) is 0 Å².